The van der Waals surface area contributed by atoms with Gasteiger partial charge in [-0.3, -0.25) is 9.59 Å². The third kappa shape index (κ3) is 4.97. The number of anilines is 1. The molecule has 2 aromatic carbocycles. The molecule has 0 radical (unpaired) electrons. The van der Waals surface area contributed by atoms with Crippen molar-refractivity contribution in [2.75, 3.05) is 33.2 Å². The van der Waals surface area contributed by atoms with E-state index in [0.29, 0.717) is 17.2 Å². The SMILES string of the molecule is COc1ccc(NC(=O)C(=O)NCC(OC)c2ccccc2OC)cc1. The lowest BCUT2D eigenvalue weighted by molar-refractivity contribution is -0.136. The van der Waals surface area contributed by atoms with Crippen LogP contribution >= 0.6 is 0 Å². The minimum Gasteiger partial charge on any atom is -0.497 e. The van der Waals surface area contributed by atoms with Crippen LogP contribution < -0.4 is 20.1 Å². The van der Waals surface area contributed by atoms with Gasteiger partial charge in [-0.15, -0.1) is 0 Å². The molecule has 0 bridgehead atoms. The first kappa shape index (κ1) is 19.3. The molecule has 0 fully saturated rings. The van der Waals surface area contributed by atoms with E-state index in [9.17, 15) is 9.59 Å². The average molecular weight is 358 g/mol. The molecule has 0 aliphatic carbocycles. The minimum absolute atomic E-state index is 0.131. The van der Waals surface area contributed by atoms with Crippen LogP contribution in [0.25, 0.3) is 0 Å². The Bertz CT molecular complexity index is 746. The maximum Gasteiger partial charge on any atom is 0.313 e. The van der Waals surface area contributed by atoms with Crippen molar-refractivity contribution < 1.29 is 23.8 Å². The maximum atomic E-state index is 12.0. The number of benzene rings is 2. The Morgan fingerprint density at radius 3 is 2.23 bits per heavy atom. The van der Waals surface area contributed by atoms with Crippen molar-refractivity contribution in [3.05, 3.63) is 54.1 Å². The van der Waals surface area contributed by atoms with Crippen molar-refractivity contribution in [1.82, 2.24) is 5.32 Å². The van der Waals surface area contributed by atoms with Gasteiger partial charge in [-0.05, 0) is 30.3 Å². The highest BCUT2D eigenvalue weighted by molar-refractivity contribution is 6.39. The van der Waals surface area contributed by atoms with Gasteiger partial charge in [0.25, 0.3) is 0 Å². The molecule has 2 rings (SSSR count). The first-order valence-electron chi connectivity index (χ1n) is 7.98. The highest BCUT2D eigenvalue weighted by Gasteiger charge is 2.19. The van der Waals surface area contributed by atoms with Crippen LogP contribution in [0.1, 0.15) is 11.7 Å². The number of para-hydroxylation sites is 1. The van der Waals surface area contributed by atoms with Gasteiger partial charge >= 0.3 is 11.8 Å². The van der Waals surface area contributed by atoms with Crippen LogP contribution in [0.2, 0.25) is 0 Å². The average Bonchev–Trinajstić information content (AvgIpc) is 2.69. The molecule has 0 saturated heterocycles. The monoisotopic (exact) mass is 358 g/mol. The lowest BCUT2D eigenvalue weighted by Crippen LogP contribution is -2.38. The molecule has 7 nitrogen and oxygen atoms in total. The highest BCUT2D eigenvalue weighted by atomic mass is 16.5. The molecular weight excluding hydrogens is 336 g/mol. The number of rotatable bonds is 7. The number of carbonyl (C=O) groups excluding carboxylic acids is 2. The van der Waals surface area contributed by atoms with Crippen molar-refractivity contribution in [2.24, 2.45) is 0 Å². The molecule has 0 heterocycles. The Hall–Kier alpha value is -3.06. The summed E-state index contributed by atoms with van der Waals surface area (Å²) in [7, 11) is 4.64. The fourth-order valence-corrected chi connectivity index (χ4v) is 2.38. The van der Waals surface area contributed by atoms with Gasteiger partial charge < -0.3 is 24.8 Å². The van der Waals surface area contributed by atoms with Crippen LogP contribution in [0.15, 0.2) is 48.5 Å². The third-order valence-electron chi connectivity index (χ3n) is 3.77. The van der Waals surface area contributed by atoms with Gasteiger partial charge in [-0.2, -0.15) is 0 Å². The molecule has 1 unspecified atom stereocenters. The van der Waals surface area contributed by atoms with Crippen LogP contribution in [-0.2, 0) is 14.3 Å². The van der Waals surface area contributed by atoms with E-state index >= 15 is 0 Å². The van der Waals surface area contributed by atoms with E-state index in [4.69, 9.17) is 14.2 Å². The summed E-state index contributed by atoms with van der Waals surface area (Å²) in [4.78, 5) is 24.0. The standard InChI is InChI=1S/C19H22N2O5/c1-24-14-10-8-13(9-11-14)21-19(23)18(22)20-12-17(26-3)15-6-4-5-7-16(15)25-2/h4-11,17H,12H2,1-3H3,(H,20,22)(H,21,23). The lowest BCUT2D eigenvalue weighted by atomic mass is 10.1. The number of ether oxygens (including phenoxy) is 3. The topological polar surface area (TPSA) is 85.9 Å². The van der Waals surface area contributed by atoms with Gasteiger partial charge in [0.1, 0.15) is 17.6 Å². The largest absolute Gasteiger partial charge is 0.497 e. The van der Waals surface area contributed by atoms with Crippen molar-refractivity contribution in [3.8, 4) is 11.5 Å². The molecule has 2 N–H and O–H groups in total. The lowest BCUT2D eigenvalue weighted by Gasteiger charge is -2.18. The molecule has 0 aliphatic rings. The van der Waals surface area contributed by atoms with Crippen LogP contribution in [0, 0.1) is 0 Å². The zero-order valence-corrected chi connectivity index (χ0v) is 14.9. The van der Waals surface area contributed by atoms with Crippen LogP contribution in [0.5, 0.6) is 11.5 Å². The molecular formula is C19H22N2O5. The van der Waals surface area contributed by atoms with Gasteiger partial charge in [-0.1, -0.05) is 18.2 Å². The molecule has 2 amide bonds. The Labute approximate surface area is 152 Å². The number of nitrogens with one attached hydrogen (secondary N) is 2. The first-order valence-corrected chi connectivity index (χ1v) is 7.98. The van der Waals surface area contributed by atoms with Crippen molar-refractivity contribution in [3.63, 3.8) is 0 Å². The van der Waals surface area contributed by atoms with E-state index in [2.05, 4.69) is 10.6 Å². The number of hydrogen-bond acceptors (Lipinski definition) is 5. The molecule has 0 spiro atoms. The molecule has 26 heavy (non-hydrogen) atoms. The Balaban J connectivity index is 1.94. The van der Waals surface area contributed by atoms with E-state index in [1.165, 1.54) is 7.11 Å². The fourth-order valence-electron chi connectivity index (χ4n) is 2.38. The molecule has 0 saturated carbocycles. The smallest absolute Gasteiger partial charge is 0.313 e. The van der Waals surface area contributed by atoms with Gasteiger partial charge in [-0.25, -0.2) is 0 Å². The van der Waals surface area contributed by atoms with Crippen LogP contribution in [0.4, 0.5) is 5.69 Å². The summed E-state index contributed by atoms with van der Waals surface area (Å²) in [6, 6.07) is 14.0. The van der Waals surface area contributed by atoms with E-state index in [-0.39, 0.29) is 6.54 Å². The van der Waals surface area contributed by atoms with Gasteiger partial charge in [0.05, 0.1) is 14.2 Å². The summed E-state index contributed by atoms with van der Waals surface area (Å²) in [6.07, 6.45) is -0.441. The van der Waals surface area contributed by atoms with E-state index in [1.807, 2.05) is 18.2 Å². The molecule has 138 valence electrons. The summed E-state index contributed by atoms with van der Waals surface area (Å²) in [5.74, 6) is -0.203. The predicted octanol–water partition coefficient (Wildman–Crippen LogP) is 2.15. The summed E-state index contributed by atoms with van der Waals surface area (Å²) in [5.41, 5.74) is 1.28. The normalized spacial score (nSPS) is 11.3. The molecule has 1 atom stereocenters. The van der Waals surface area contributed by atoms with Gasteiger partial charge in [0, 0.05) is 24.9 Å². The summed E-state index contributed by atoms with van der Waals surface area (Å²) in [6.45, 7) is 0.131. The number of carbonyl (C=O) groups is 2. The number of methoxy groups -OCH3 is 3. The minimum atomic E-state index is -0.759. The van der Waals surface area contributed by atoms with Crippen LogP contribution in [0.3, 0.4) is 0 Å². The zero-order valence-electron chi connectivity index (χ0n) is 14.9. The molecule has 0 aromatic heterocycles. The second-order valence-electron chi connectivity index (χ2n) is 5.36. The summed E-state index contributed by atoms with van der Waals surface area (Å²) >= 11 is 0. The summed E-state index contributed by atoms with van der Waals surface area (Å²) < 4.78 is 15.8. The van der Waals surface area contributed by atoms with Gasteiger partial charge in [0.15, 0.2) is 0 Å². The highest BCUT2D eigenvalue weighted by Crippen LogP contribution is 2.26. The van der Waals surface area contributed by atoms with Crippen LogP contribution in [-0.4, -0.2) is 39.7 Å². The Morgan fingerprint density at radius 1 is 0.923 bits per heavy atom. The van der Waals surface area contributed by atoms with Crippen molar-refractivity contribution >= 4 is 17.5 Å². The number of amides is 2. The van der Waals surface area contributed by atoms with Crippen molar-refractivity contribution in [1.29, 1.82) is 0 Å². The Kier molecular flexibility index (Phi) is 6.99. The summed E-state index contributed by atoms with van der Waals surface area (Å²) in [5, 5.41) is 5.09. The maximum absolute atomic E-state index is 12.0. The van der Waals surface area contributed by atoms with E-state index < -0.39 is 17.9 Å². The van der Waals surface area contributed by atoms with Crippen molar-refractivity contribution in [2.45, 2.75) is 6.10 Å². The quantitative estimate of drug-likeness (QED) is 0.741. The van der Waals surface area contributed by atoms with E-state index in [0.717, 1.165) is 5.56 Å². The fraction of sp³-hybridized carbons (Fsp3) is 0.263. The first-order chi connectivity index (χ1) is 12.6. The third-order valence-corrected chi connectivity index (χ3v) is 3.77. The zero-order chi connectivity index (χ0) is 18.9. The molecule has 7 heteroatoms. The molecule has 2 aromatic rings. The van der Waals surface area contributed by atoms with E-state index in [1.54, 1.807) is 44.6 Å². The second-order valence-corrected chi connectivity index (χ2v) is 5.36. The predicted molar refractivity (Wildman–Crippen MR) is 97.4 cm³/mol. The number of hydrogen-bond donors (Lipinski definition) is 2. The molecule has 0 aliphatic heterocycles. The second kappa shape index (κ2) is 9.43. The van der Waals surface area contributed by atoms with Gasteiger partial charge in [0.2, 0.25) is 0 Å². The Morgan fingerprint density at radius 2 is 1.62 bits per heavy atom.